The van der Waals surface area contributed by atoms with Crippen molar-refractivity contribution in [2.24, 2.45) is 11.7 Å². The first-order valence-corrected chi connectivity index (χ1v) is 10.4. The zero-order chi connectivity index (χ0) is 18.9. The fourth-order valence-electron chi connectivity index (χ4n) is 4.13. The van der Waals surface area contributed by atoms with Crippen molar-refractivity contribution in [1.82, 2.24) is 10.6 Å². The molecule has 3 atom stereocenters. The number of hydrogen-bond donors (Lipinski definition) is 3. The molecule has 0 aromatic rings. The molecule has 0 aliphatic heterocycles. The van der Waals surface area contributed by atoms with Crippen LogP contribution in [0.3, 0.4) is 0 Å². The van der Waals surface area contributed by atoms with Crippen molar-refractivity contribution in [3.63, 3.8) is 0 Å². The van der Waals surface area contributed by atoms with Crippen molar-refractivity contribution >= 4 is 0 Å². The standard InChI is InChI=1S/C23H35N3O/c1-27-23-13-10-19(21-6-2-3-7-22(21)23)17-26-16-15-25-14-4-5-18-8-11-20(24)12-9-18/h2-3,6,8-11,20,22-23,25-26H,4-5,7,12-17,24H2,1H3. The molecule has 3 aliphatic carbocycles. The van der Waals surface area contributed by atoms with E-state index in [1.807, 2.05) is 7.11 Å². The van der Waals surface area contributed by atoms with E-state index in [9.17, 15) is 0 Å². The summed E-state index contributed by atoms with van der Waals surface area (Å²) in [6.07, 6.45) is 21.4. The van der Waals surface area contributed by atoms with Crippen LogP contribution in [0.5, 0.6) is 0 Å². The number of ether oxygens (including phenoxy) is 1. The lowest BCUT2D eigenvalue weighted by Crippen LogP contribution is -2.34. The molecule has 3 rings (SSSR count). The summed E-state index contributed by atoms with van der Waals surface area (Å²) >= 11 is 0. The van der Waals surface area contributed by atoms with E-state index in [1.165, 1.54) is 23.1 Å². The maximum Gasteiger partial charge on any atom is 0.0677 e. The Bertz CT molecular complexity index is 630. The lowest BCUT2D eigenvalue weighted by atomic mass is 9.77. The Morgan fingerprint density at radius 3 is 2.81 bits per heavy atom. The van der Waals surface area contributed by atoms with Gasteiger partial charge in [-0.2, -0.15) is 0 Å². The highest BCUT2D eigenvalue weighted by Gasteiger charge is 2.29. The highest BCUT2D eigenvalue weighted by molar-refractivity contribution is 5.42. The Morgan fingerprint density at radius 2 is 2.00 bits per heavy atom. The summed E-state index contributed by atoms with van der Waals surface area (Å²) < 4.78 is 5.67. The summed E-state index contributed by atoms with van der Waals surface area (Å²) in [6, 6.07) is 0.216. The SMILES string of the molecule is COC1CC=C(CNCCNCCCC2=CCC(N)C=C2)C2=CC=CCC21. The number of methoxy groups -OCH3 is 1. The average molecular weight is 370 g/mol. The highest BCUT2D eigenvalue weighted by atomic mass is 16.5. The first-order valence-electron chi connectivity index (χ1n) is 10.4. The van der Waals surface area contributed by atoms with Crippen LogP contribution >= 0.6 is 0 Å². The van der Waals surface area contributed by atoms with Gasteiger partial charge in [0, 0.05) is 38.7 Å². The molecule has 4 nitrogen and oxygen atoms in total. The molecule has 0 amide bonds. The Labute approximate surface area is 164 Å². The predicted molar refractivity (Wildman–Crippen MR) is 114 cm³/mol. The molecular formula is C23H35N3O. The van der Waals surface area contributed by atoms with Gasteiger partial charge in [-0.05, 0) is 49.8 Å². The molecule has 0 radical (unpaired) electrons. The molecule has 0 spiro atoms. The summed E-state index contributed by atoms with van der Waals surface area (Å²) in [5.41, 5.74) is 10.2. The van der Waals surface area contributed by atoms with Crippen molar-refractivity contribution in [3.8, 4) is 0 Å². The van der Waals surface area contributed by atoms with Gasteiger partial charge in [-0.25, -0.2) is 0 Å². The van der Waals surface area contributed by atoms with Crippen molar-refractivity contribution in [1.29, 1.82) is 0 Å². The largest absolute Gasteiger partial charge is 0.380 e. The van der Waals surface area contributed by atoms with Crippen LogP contribution in [0.25, 0.3) is 0 Å². The van der Waals surface area contributed by atoms with Gasteiger partial charge in [0.15, 0.2) is 0 Å². The normalized spacial score (nSPS) is 27.0. The van der Waals surface area contributed by atoms with Crippen LogP contribution in [0.4, 0.5) is 0 Å². The molecule has 4 N–H and O–H groups in total. The van der Waals surface area contributed by atoms with Gasteiger partial charge in [0.2, 0.25) is 0 Å². The monoisotopic (exact) mass is 369 g/mol. The van der Waals surface area contributed by atoms with Crippen LogP contribution in [0.15, 0.2) is 59.3 Å². The van der Waals surface area contributed by atoms with Gasteiger partial charge >= 0.3 is 0 Å². The smallest absolute Gasteiger partial charge is 0.0677 e. The van der Waals surface area contributed by atoms with E-state index >= 15 is 0 Å². The van der Waals surface area contributed by atoms with Crippen LogP contribution in [0, 0.1) is 5.92 Å². The number of hydrogen-bond acceptors (Lipinski definition) is 4. The van der Waals surface area contributed by atoms with Gasteiger partial charge in [-0.15, -0.1) is 0 Å². The maximum atomic E-state index is 5.86. The molecule has 148 valence electrons. The molecule has 0 heterocycles. The molecule has 0 fully saturated rings. The van der Waals surface area contributed by atoms with Crippen molar-refractivity contribution in [3.05, 3.63) is 59.3 Å². The Kier molecular flexibility index (Phi) is 8.09. The molecule has 0 aromatic heterocycles. The van der Waals surface area contributed by atoms with Gasteiger partial charge in [0.25, 0.3) is 0 Å². The van der Waals surface area contributed by atoms with Gasteiger partial charge in [0.1, 0.15) is 0 Å². The average Bonchev–Trinajstić information content (AvgIpc) is 2.71. The Morgan fingerprint density at radius 1 is 1.11 bits per heavy atom. The van der Waals surface area contributed by atoms with Gasteiger partial charge in [0.05, 0.1) is 6.10 Å². The maximum absolute atomic E-state index is 5.86. The number of nitrogens with two attached hydrogens (primary N) is 1. The fraction of sp³-hybridized carbons (Fsp3) is 0.565. The first-order chi connectivity index (χ1) is 13.3. The van der Waals surface area contributed by atoms with E-state index in [2.05, 4.69) is 53.2 Å². The van der Waals surface area contributed by atoms with Gasteiger partial charge < -0.3 is 21.1 Å². The van der Waals surface area contributed by atoms with Crippen molar-refractivity contribution < 1.29 is 4.74 Å². The third-order valence-electron chi connectivity index (χ3n) is 5.74. The number of allylic oxidation sites excluding steroid dienone is 5. The van der Waals surface area contributed by atoms with Crippen LogP contribution in [-0.4, -0.2) is 45.4 Å². The third-order valence-corrected chi connectivity index (χ3v) is 5.74. The molecule has 0 aromatic carbocycles. The minimum Gasteiger partial charge on any atom is -0.380 e. The first kappa shape index (κ1) is 20.3. The summed E-state index contributed by atoms with van der Waals surface area (Å²) in [5, 5.41) is 7.13. The quantitative estimate of drug-likeness (QED) is 0.518. The lowest BCUT2D eigenvalue weighted by molar-refractivity contribution is 0.0647. The minimum atomic E-state index is 0.216. The van der Waals surface area contributed by atoms with Crippen LogP contribution in [0.2, 0.25) is 0 Å². The van der Waals surface area contributed by atoms with Crippen LogP contribution in [0.1, 0.15) is 32.1 Å². The van der Waals surface area contributed by atoms with Crippen molar-refractivity contribution in [2.45, 2.75) is 44.2 Å². The summed E-state index contributed by atoms with van der Waals surface area (Å²) in [5.74, 6) is 0.526. The molecule has 27 heavy (non-hydrogen) atoms. The number of nitrogens with one attached hydrogen (secondary N) is 2. The number of fused-ring (bicyclic) bond motifs is 1. The lowest BCUT2D eigenvalue weighted by Gasteiger charge is -2.34. The van der Waals surface area contributed by atoms with Crippen LogP contribution in [-0.2, 0) is 4.74 Å². The summed E-state index contributed by atoms with van der Waals surface area (Å²) in [7, 11) is 1.83. The molecule has 0 bridgehead atoms. The van der Waals surface area contributed by atoms with E-state index in [1.54, 1.807) is 0 Å². The van der Waals surface area contributed by atoms with E-state index in [4.69, 9.17) is 10.5 Å². The summed E-state index contributed by atoms with van der Waals surface area (Å²) in [4.78, 5) is 0. The van der Waals surface area contributed by atoms with E-state index in [0.29, 0.717) is 12.0 Å². The third kappa shape index (κ3) is 6.01. The number of rotatable bonds is 10. The second-order valence-corrected chi connectivity index (χ2v) is 7.70. The molecular weight excluding hydrogens is 334 g/mol. The Balaban J connectivity index is 1.28. The van der Waals surface area contributed by atoms with E-state index in [0.717, 1.165) is 51.9 Å². The topological polar surface area (TPSA) is 59.3 Å². The van der Waals surface area contributed by atoms with E-state index in [-0.39, 0.29) is 6.04 Å². The van der Waals surface area contributed by atoms with E-state index < -0.39 is 0 Å². The zero-order valence-corrected chi connectivity index (χ0v) is 16.6. The second kappa shape index (κ2) is 10.8. The molecule has 3 unspecified atom stereocenters. The van der Waals surface area contributed by atoms with Gasteiger partial charge in [-0.1, -0.05) is 48.1 Å². The minimum absolute atomic E-state index is 0.216. The predicted octanol–water partition coefficient (Wildman–Crippen LogP) is 3.01. The van der Waals surface area contributed by atoms with Crippen molar-refractivity contribution in [2.75, 3.05) is 33.3 Å². The molecule has 0 saturated heterocycles. The highest BCUT2D eigenvalue weighted by Crippen LogP contribution is 2.36. The molecule has 3 aliphatic rings. The van der Waals surface area contributed by atoms with Gasteiger partial charge in [-0.3, -0.25) is 0 Å². The van der Waals surface area contributed by atoms with Crippen LogP contribution < -0.4 is 16.4 Å². The Hall–Kier alpha value is -1.46. The molecule has 4 heteroatoms. The molecule has 0 saturated carbocycles. The fourth-order valence-corrected chi connectivity index (χ4v) is 4.13. The second-order valence-electron chi connectivity index (χ2n) is 7.70. The summed E-state index contributed by atoms with van der Waals surface area (Å²) in [6.45, 7) is 4.02. The zero-order valence-electron chi connectivity index (χ0n) is 16.6.